The fourth-order valence-electron chi connectivity index (χ4n) is 3.86. The molecule has 0 aliphatic heterocycles. The average Bonchev–Trinajstić information content (AvgIpc) is 2.90. The standard InChI is InChI=1S/C29H34ClN3O4S/c1-21(2)18-31-29(35)23(4)32(19-24-11-9-8-10-22(24)3)28(34)20-33(26-12-6-5-7-13-26)38(36,37)27-16-14-25(30)15-17-27/h5-17,21,23H,18-20H2,1-4H3,(H,31,35)/t23-/m1/s1. The van der Waals surface area contributed by atoms with E-state index in [9.17, 15) is 18.0 Å². The molecule has 9 heteroatoms. The van der Waals surface area contributed by atoms with E-state index in [0.29, 0.717) is 17.3 Å². The summed E-state index contributed by atoms with van der Waals surface area (Å²) in [6.07, 6.45) is 0. The molecule has 1 atom stereocenters. The van der Waals surface area contributed by atoms with Gasteiger partial charge in [0.25, 0.3) is 10.0 Å². The zero-order chi connectivity index (χ0) is 27.9. The van der Waals surface area contributed by atoms with E-state index < -0.39 is 28.5 Å². The van der Waals surface area contributed by atoms with E-state index in [1.54, 1.807) is 37.3 Å². The molecular weight excluding hydrogens is 522 g/mol. The molecule has 7 nitrogen and oxygen atoms in total. The number of amides is 2. The van der Waals surface area contributed by atoms with Gasteiger partial charge < -0.3 is 10.2 Å². The van der Waals surface area contributed by atoms with Gasteiger partial charge in [-0.05, 0) is 67.3 Å². The minimum Gasteiger partial charge on any atom is -0.354 e. The summed E-state index contributed by atoms with van der Waals surface area (Å²) >= 11 is 5.98. The van der Waals surface area contributed by atoms with Crippen molar-refractivity contribution in [2.75, 3.05) is 17.4 Å². The molecule has 3 aromatic carbocycles. The van der Waals surface area contributed by atoms with Crippen LogP contribution in [0.1, 0.15) is 31.9 Å². The van der Waals surface area contributed by atoms with Crippen molar-refractivity contribution in [3.05, 3.63) is 95.0 Å². The molecule has 0 aliphatic carbocycles. The second-order valence-electron chi connectivity index (χ2n) is 9.56. The summed E-state index contributed by atoms with van der Waals surface area (Å²) < 4.78 is 28.5. The average molecular weight is 556 g/mol. The van der Waals surface area contributed by atoms with Crippen LogP contribution in [-0.4, -0.2) is 44.3 Å². The van der Waals surface area contributed by atoms with Crippen molar-refractivity contribution in [3.8, 4) is 0 Å². The van der Waals surface area contributed by atoms with E-state index in [-0.39, 0.29) is 23.3 Å². The van der Waals surface area contributed by atoms with Gasteiger partial charge >= 0.3 is 0 Å². The third kappa shape index (κ3) is 7.36. The monoisotopic (exact) mass is 555 g/mol. The molecule has 0 saturated carbocycles. The van der Waals surface area contributed by atoms with E-state index in [4.69, 9.17) is 11.6 Å². The molecule has 1 N–H and O–H groups in total. The lowest BCUT2D eigenvalue weighted by atomic mass is 10.1. The molecule has 0 spiro atoms. The van der Waals surface area contributed by atoms with E-state index in [1.807, 2.05) is 45.0 Å². The van der Waals surface area contributed by atoms with Crippen LogP contribution in [0.4, 0.5) is 5.69 Å². The molecule has 0 bridgehead atoms. The van der Waals surface area contributed by atoms with Gasteiger partial charge in [0.05, 0.1) is 10.6 Å². The van der Waals surface area contributed by atoms with Crippen LogP contribution in [0.5, 0.6) is 0 Å². The van der Waals surface area contributed by atoms with Gasteiger partial charge in [0.2, 0.25) is 11.8 Å². The lowest BCUT2D eigenvalue weighted by Crippen LogP contribution is -2.51. The number of halogens is 1. The summed E-state index contributed by atoms with van der Waals surface area (Å²) in [6, 6.07) is 21.0. The fraction of sp³-hybridized carbons (Fsp3) is 0.310. The van der Waals surface area contributed by atoms with Crippen molar-refractivity contribution in [1.29, 1.82) is 0 Å². The topological polar surface area (TPSA) is 86.8 Å². The second kappa shape index (κ2) is 12.9. The van der Waals surface area contributed by atoms with Gasteiger partial charge in [-0.1, -0.05) is 67.9 Å². The normalized spacial score (nSPS) is 12.2. The van der Waals surface area contributed by atoms with Crippen molar-refractivity contribution in [2.45, 2.75) is 45.2 Å². The first-order chi connectivity index (χ1) is 18.0. The Labute approximate surface area is 230 Å². The molecule has 2 amide bonds. The molecule has 0 heterocycles. The number of carbonyl (C=O) groups excluding carboxylic acids is 2. The number of nitrogens with zero attached hydrogens (tertiary/aromatic N) is 2. The zero-order valence-corrected chi connectivity index (χ0v) is 23.7. The van der Waals surface area contributed by atoms with Crippen molar-refractivity contribution in [1.82, 2.24) is 10.2 Å². The lowest BCUT2D eigenvalue weighted by Gasteiger charge is -2.32. The van der Waals surface area contributed by atoms with Crippen molar-refractivity contribution < 1.29 is 18.0 Å². The number of para-hydroxylation sites is 1. The Morgan fingerprint density at radius 1 is 0.895 bits per heavy atom. The highest BCUT2D eigenvalue weighted by Gasteiger charge is 2.32. The number of hydrogen-bond acceptors (Lipinski definition) is 4. The third-order valence-electron chi connectivity index (χ3n) is 6.18. The molecule has 0 fully saturated rings. The Balaban J connectivity index is 1.99. The molecular formula is C29H34ClN3O4S. The van der Waals surface area contributed by atoms with Gasteiger partial charge in [-0.25, -0.2) is 8.42 Å². The van der Waals surface area contributed by atoms with Gasteiger partial charge in [0, 0.05) is 18.1 Å². The Bertz CT molecular complexity index is 1350. The van der Waals surface area contributed by atoms with Crippen LogP contribution in [0.25, 0.3) is 0 Å². The predicted molar refractivity (Wildman–Crippen MR) is 151 cm³/mol. The molecule has 0 aromatic heterocycles. The van der Waals surface area contributed by atoms with Crippen molar-refractivity contribution in [3.63, 3.8) is 0 Å². The first kappa shape index (κ1) is 29.2. The fourth-order valence-corrected chi connectivity index (χ4v) is 5.40. The summed E-state index contributed by atoms with van der Waals surface area (Å²) in [7, 11) is -4.12. The van der Waals surface area contributed by atoms with Gasteiger partial charge in [0.1, 0.15) is 12.6 Å². The number of nitrogens with one attached hydrogen (secondary N) is 1. The summed E-state index contributed by atoms with van der Waals surface area (Å²) in [5.41, 5.74) is 2.17. The van der Waals surface area contributed by atoms with E-state index in [2.05, 4.69) is 5.32 Å². The number of sulfonamides is 1. The molecule has 0 unspecified atom stereocenters. The highest BCUT2D eigenvalue weighted by molar-refractivity contribution is 7.92. The smallest absolute Gasteiger partial charge is 0.264 e. The lowest BCUT2D eigenvalue weighted by molar-refractivity contribution is -0.139. The SMILES string of the molecule is Cc1ccccc1CN(C(=O)CN(c1ccccc1)S(=O)(=O)c1ccc(Cl)cc1)[C@H](C)C(=O)NCC(C)C. The minimum absolute atomic E-state index is 0.00623. The summed E-state index contributed by atoms with van der Waals surface area (Å²) in [5, 5.41) is 3.29. The van der Waals surface area contributed by atoms with Crippen LogP contribution in [0.15, 0.2) is 83.8 Å². The Morgan fingerprint density at radius 3 is 2.11 bits per heavy atom. The Kier molecular flexibility index (Phi) is 9.94. The largest absolute Gasteiger partial charge is 0.354 e. The number of carbonyl (C=O) groups is 2. The van der Waals surface area contributed by atoms with Crippen molar-refractivity contribution in [2.24, 2.45) is 5.92 Å². The number of benzene rings is 3. The Hall–Kier alpha value is -3.36. The van der Waals surface area contributed by atoms with Crippen LogP contribution in [0, 0.1) is 12.8 Å². The van der Waals surface area contributed by atoms with Crippen molar-refractivity contribution >= 4 is 39.1 Å². The maximum atomic E-state index is 13.9. The van der Waals surface area contributed by atoms with Gasteiger partial charge in [-0.3, -0.25) is 13.9 Å². The quantitative estimate of drug-likeness (QED) is 0.359. The maximum absolute atomic E-state index is 13.9. The van der Waals surface area contributed by atoms with Gasteiger partial charge in [-0.2, -0.15) is 0 Å². The first-order valence-corrected chi connectivity index (χ1v) is 14.3. The molecule has 0 aliphatic rings. The summed E-state index contributed by atoms with van der Waals surface area (Å²) in [4.78, 5) is 28.3. The number of anilines is 1. The van der Waals surface area contributed by atoms with E-state index >= 15 is 0 Å². The van der Waals surface area contributed by atoms with Crippen LogP contribution >= 0.6 is 11.6 Å². The first-order valence-electron chi connectivity index (χ1n) is 12.5. The minimum atomic E-state index is -4.12. The zero-order valence-electron chi connectivity index (χ0n) is 22.1. The van der Waals surface area contributed by atoms with Crippen LogP contribution in [0.2, 0.25) is 5.02 Å². The van der Waals surface area contributed by atoms with Gasteiger partial charge in [-0.15, -0.1) is 0 Å². The van der Waals surface area contributed by atoms with Crippen LogP contribution < -0.4 is 9.62 Å². The molecule has 202 valence electrons. The molecule has 38 heavy (non-hydrogen) atoms. The molecule has 3 rings (SSSR count). The highest BCUT2D eigenvalue weighted by atomic mass is 35.5. The number of aryl methyl sites for hydroxylation is 1. The maximum Gasteiger partial charge on any atom is 0.264 e. The highest BCUT2D eigenvalue weighted by Crippen LogP contribution is 2.25. The van der Waals surface area contributed by atoms with Gasteiger partial charge in [0.15, 0.2) is 0 Å². The number of hydrogen-bond donors (Lipinski definition) is 1. The molecule has 0 saturated heterocycles. The number of rotatable bonds is 11. The van der Waals surface area contributed by atoms with E-state index in [0.717, 1.165) is 15.4 Å². The third-order valence-corrected chi connectivity index (χ3v) is 8.22. The Morgan fingerprint density at radius 2 is 1.50 bits per heavy atom. The molecule has 0 radical (unpaired) electrons. The van der Waals surface area contributed by atoms with Crippen LogP contribution in [-0.2, 0) is 26.2 Å². The summed E-state index contributed by atoms with van der Waals surface area (Å²) in [6.45, 7) is 7.71. The predicted octanol–water partition coefficient (Wildman–Crippen LogP) is 5.03. The summed E-state index contributed by atoms with van der Waals surface area (Å²) in [5.74, 6) is -0.556. The molecule has 3 aromatic rings. The second-order valence-corrected chi connectivity index (χ2v) is 11.9. The van der Waals surface area contributed by atoms with E-state index in [1.165, 1.54) is 29.2 Å². The van der Waals surface area contributed by atoms with Crippen LogP contribution in [0.3, 0.4) is 0 Å².